The SMILES string of the molecule is CC(=O)N1CCN(C(=O)C2CC2C(=O)NCCCN(C)C)CC1. The van der Waals surface area contributed by atoms with Crippen LogP contribution in [0.3, 0.4) is 0 Å². The largest absolute Gasteiger partial charge is 0.356 e. The minimum Gasteiger partial charge on any atom is -0.356 e. The van der Waals surface area contributed by atoms with Crippen molar-refractivity contribution in [3.8, 4) is 0 Å². The van der Waals surface area contributed by atoms with Crippen LogP contribution in [0.1, 0.15) is 19.8 Å². The second-order valence-corrected chi connectivity index (χ2v) is 6.73. The summed E-state index contributed by atoms with van der Waals surface area (Å²) in [5.41, 5.74) is 0. The summed E-state index contributed by atoms with van der Waals surface area (Å²) in [4.78, 5) is 41.4. The summed E-state index contributed by atoms with van der Waals surface area (Å²) in [5.74, 6) is -0.190. The van der Waals surface area contributed by atoms with Gasteiger partial charge in [-0.15, -0.1) is 0 Å². The summed E-state index contributed by atoms with van der Waals surface area (Å²) >= 11 is 0. The van der Waals surface area contributed by atoms with Crippen LogP contribution in [-0.2, 0) is 14.4 Å². The molecular weight excluding hydrogens is 296 g/mol. The molecule has 130 valence electrons. The summed E-state index contributed by atoms with van der Waals surface area (Å²) in [5, 5.41) is 2.92. The summed E-state index contributed by atoms with van der Waals surface area (Å²) in [7, 11) is 4.01. The summed E-state index contributed by atoms with van der Waals surface area (Å²) in [6.45, 7) is 5.48. The van der Waals surface area contributed by atoms with Gasteiger partial charge in [0.25, 0.3) is 0 Å². The van der Waals surface area contributed by atoms with Gasteiger partial charge in [-0.25, -0.2) is 0 Å². The summed E-state index contributed by atoms with van der Waals surface area (Å²) < 4.78 is 0. The quantitative estimate of drug-likeness (QED) is 0.661. The Morgan fingerprint density at radius 2 is 1.65 bits per heavy atom. The fourth-order valence-corrected chi connectivity index (χ4v) is 2.97. The summed E-state index contributed by atoms with van der Waals surface area (Å²) in [6, 6.07) is 0. The Kier molecular flexibility index (Phi) is 5.98. The molecule has 1 aliphatic heterocycles. The Labute approximate surface area is 138 Å². The number of hydrogen-bond donors (Lipinski definition) is 1. The molecule has 7 nitrogen and oxygen atoms in total. The van der Waals surface area contributed by atoms with E-state index in [1.807, 2.05) is 14.1 Å². The highest BCUT2D eigenvalue weighted by Gasteiger charge is 2.49. The molecule has 0 aromatic carbocycles. The van der Waals surface area contributed by atoms with E-state index in [0.717, 1.165) is 13.0 Å². The molecule has 0 bridgehead atoms. The van der Waals surface area contributed by atoms with Gasteiger partial charge in [-0.2, -0.15) is 0 Å². The smallest absolute Gasteiger partial charge is 0.226 e. The molecular formula is C16H28N4O3. The van der Waals surface area contributed by atoms with Crippen molar-refractivity contribution >= 4 is 17.7 Å². The molecule has 3 amide bonds. The standard InChI is InChI=1S/C16H28N4O3/c1-12(21)19-7-9-20(10-8-19)16(23)14-11-13(14)15(22)17-5-4-6-18(2)3/h13-14H,4-11H2,1-3H3,(H,17,22). The number of nitrogens with zero attached hydrogens (tertiary/aromatic N) is 3. The minimum absolute atomic E-state index is 0.00415. The van der Waals surface area contributed by atoms with Crippen LogP contribution in [0.15, 0.2) is 0 Å². The molecule has 2 atom stereocenters. The van der Waals surface area contributed by atoms with Crippen LogP contribution in [-0.4, -0.2) is 85.8 Å². The van der Waals surface area contributed by atoms with Gasteiger partial charge in [0.2, 0.25) is 17.7 Å². The van der Waals surface area contributed by atoms with E-state index in [1.165, 1.54) is 0 Å². The molecule has 1 N–H and O–H groups in total. The normalized spacial score (nSPS) is 23.8. The molecule has 0 spiro atoms. The third-order valence-electron chi connectivity index (χ3n) is 4.56. The molecule has 1 saturated heterocycles. The van der Waals surface area contributed by atoms with Crippen molar-refractivity contribution in [1.29, 1.82) is 0 Å². The molecule has 1 heterocycles. The van der Waals surface area contributed by atoms with Crippen molar-refractivity contribution in [3.63, 3.8) is 0 Å². The lowest BCUT2D eigenvalue weighted by atomic mass is 10.2. The number of amides is 3. The Balaban J connectivity index is 1.68. The zero-order valence-electron chi connectivity index (χ0n) is 14.4. The predicted octanol–water partition coefficient (Wildman–Crippen LogP) is -0.619. The number of nitrogens with one attached hydrogen (secondary N) is 1. The van der Waals surface area contributed by atoms with E-state index in [2.05, 4.69) is 10.2 Å². The molecule has 1 aliphatic carbocycles. The molecule has 2 unspecified atom stereocenters. The highest BCUT2D eigenvalue weighted by molar-refractivity contribution is 5.92. The van der Waals surface area contributed by atoms with E-state index in [-0.39, 0.29) is 29.6 Å². The number of rotatable bonds is 6. The number of carbonyl (C=O) groups is 3. The van der Waals surface area contributed by atoms with Crippen molar-refractivity contribution in [3.05, 3.63) is 0 Å². The first kappa shape index (κ1) is 17.7. The van der Waals surface area contributed by atoms with E-state index in [0.29, 0.717) is 39.1 Å². The Bertz CT molecular complexity index is 458. The molecule has 0 aromatic rings. The van der Waals surface area contributed by atoms with Gasteiger partial charge in [-0.05, 0) is 33.5 Å². The molecule has 7 heteroatoms. The molecule has 2 fully saturated rings. The predicted molar refractivity (Wildman–Crippen MR) is 86.6 cm³/mol. The first-order valence-corrected chi connectivity index (χ1v) is 8.37. The molecule has 2 aliphatic rings. The maximum absolute atomic E-state index is 12.4. The summed E-state index contributed by atoms with van der Waals surface area (Å²) in [6.07, 6.45) is 1.57. The number of carbonyl (C=O) groups excluding carboxylic acids is 3. The lowest BCUT2D eigenvalue weighted by molar-refractivity contribution is -0.140. The van der Waals surface area contributed by atoms with Gasteiger partial charge in [0, 0.05) is 39.6 Å². The topological polar surface area (TPSA) is 73.0 Å². The molecule has 23 heavy (non-hydrogen) atoms. The fourth-order valence-electron chi connectivity index (χ4n) is 2.97. The lowest BCUT2D eigenvalue weighted by Crippen LogP contribution is -2.50. The van der Waals surface area contributed by atoms with Gasteiger partial charge in [-0.1, -0.05) is 0 Å². The van der Waals surface area contributed by atoms with Gasteiger partial charge in [0.1, 0.15) is 0 Å². The Hall–Kier alpha value is -1.63. The number of hydrogen-bond acceptors (Lipinski definition) is 4. The average molecular weight is 324 g/mol. The van der Waals surface area contributed by atoms with Crippen molar-refractivity contribution in [2.45, 2.75) is 19.8 Å². The van der Waals surface area contributed by atoms with Crippen LogP contribution in [0.5, 0.6) is 0 Å². The van der Waals surface area contributed by atoms with Crippen LogP contribution in [0.4, 0.5) is 0 Å². The van der Waals surface area contributed by atoms with Crippen molar-refractivity contribution in [2.24, 2.45) is 11.8 Å². The van der Waals surface area contributed by atoms with Gasteiger partial charge in [0.15, 0.2) is 0 Å². The van der Waals surface area contributed by atoms with Crippen LogP contribution < -0.4 is 5.32 Å². The Morgan fingerprint density at radius 1 is 1.04 bits per heavy atom. The molecule has 0 radical (unpaired) electrons. The van der Waals surface area contributed by atoms with Crippen molar-refractivity contribution in [1.82, 2.24) is 20.0 Å². The Morgan fingerprint density at radius 3 is 2.22 bits per heavy atom. The highest BCUT2D eigenvalue weighted by atomic mass is 16.2. The van der Waals surface area contributed by atoms with E-state index >= 15 is 0 Å². The third-order valence-corrected chi connectivity index (χ3v) is 4.56. The van der Waals surface area contributed by atoms with Gasteiger partial charge in [0.05, 0.1) is 11.8 Å². The van der Waals surface area contributed by atoms with Crippen LogP contribution >= 0.6 is 0 Å². The van der Waals surface area contributed by atoms with Crippen molar-refractivity contribution < 1.29 is 14.4 Å². The van der Waals surface area contributed by atoms with Crippen molar-refractivity contribution in [2.75, 3.05) is 53.4 Å². The molecule has 1 saturated carbocycles. The third kappa shape index (κ3) is 4.92. The van der Waals surface area contributed by atoms with Crippen LogP contribution in [0, 0.1) is 11.8 Å². The first-order chi connectivity index (χ1) is 10.9. The average Bonchev–Trinajstić information content (AvgIpc) is 3.31. The van der Waals surface area contributed by atoms with Crippen LogP contribution in [0.2, 0.25) is 0 Å². The molecule has 2 rings (SSSR count). The number of piperazine rings is 1. The zero-order chi connectivity index (χ0) is 17.0. The van der Waals surface area contributed by atoms with E-state index in [9.17, 15) is 14.4 Å². The maximum Gasteiger partial charge on any atom is 0.226 e. The monoisotopic (exact) mass is 324 g/mol. The van der Waals surface area contributed by atoms with Gasteiger partial charge < -0.3 is 20.0 Å². The highest BCUT2D eigenvalue weighted by Crippen LogP contribution is 2.40. The van der Waals surface area contributed by atoms with E-state index < -0.39 is 0 Å². The fraction of sp³-hybridized carbons (Fsp3) is 0.812. The zero-order valence-corrected chi connectivity index (χ0v) is 14.4. The minimum atomic E-state index is -0.160. The van der Waals surface area contributed by atoms with Gasteiger partial charge >= 0.3 is 0 Å². The second-order valence-electron chi connectivity index (χ2n) is 6.73. The second kappa shape index (κ2) is 7.77. The lowest BCUT2D eigenvalue weighted by Gasteiger charge is -2.34. The van der Waals surface area contributed by atoms with Gasteiger partial charge in [-0.3, -0.25) is 14.4 Å². The first-order valence-electron chi connectivity index (χ1n) is 8.37. The molecule has 0 aromatic heterocycles. The maximum atomic E-state index is 12.4. The van der Waals surface area contributed by atoms with E-state index in [1.54, 1.807) is 16.7 Å². The van der Waals surface area contributed by atoms with E-state index in [4.69, 9.17) is 0 Å². The van der Waals surface area contributed by atoms with Crippen LogP contribution in [0.25, 0.3) is 0 Å².